The third-order valence-corrected chi connectivity index (χ3v) is 4.51. The lowest BCUT2D eigenvalue weighted by Gasteiger charge is -2.19. The molecule has 0 aliphatic heterocycles. The minimum absolute atomic E-state index is 0.273. The van der Waals surface area contributed by atoms with Gasteiger partial charge in [-0.1, -0.05) is 42.5 Å². The highest BCUT2D eigenvalue weighted by Crippen LogP contribution is 2.53. The Morgan fingerprint density at radius 2 is 1.55 bits per heavy atom. The van der Waals surface area contributed by atoms with Crippen LogP contribution in [0.15, 0.2) is 48.5 Å². The number of rotatable bonds is 4. The molecule has 0 amide bonds. The van der Waals surface area contributed by atoms with E-state index in [0.717, 1.165) is 0 Å². The maximum atomic E-state index is 12.3. The summed E-state index contributed by atoms with van der Waals surface area (Å²) in [7, 11) is -4.71. The molecule has 2 rings (SSSR count). The van der Waals surface area contributed by atoms with Crippen LogP contribution in [0.3, 0.4) is 0 Å². The standard InChI is InChI=1S/C16H17O5P/c1-11-7-3-5-9-13(11)15(22(18,19)20)16(17)21-14-10-6-4-8-12(14)2/h3-10,15H,1-2H3,(H2,18,19,20). The fraction of sp³-hybridized carbons (Fsp3) is 0.188. The molecule has 0 aromatic heterocycles. The summed E-state index contributed by atoms with van der Waals surface area (Å²) < 4.78 is 17.0. The summed E-state index contributed by atoms with van der Waals surface area (Å²) in [6.07, 6.45) is 0. The van der Waals surface area contributed by atoms with E-state index in [0.29, 0.717) is 16.9 Å². The molecule has 0 bridgehead atoms. The van der Waals surface area contributed by atoms with Crippen molar-refractivity contribution in [3.05, 3.63) is 65.2 Å². The zero-order valence-corrected chi connectivity index (χ0v) is 13.2. The van der Waals surface area contributed by atoms with Crippen LogP contribution in [0.4, 0.5) is 0 Å². The maximum Gasteiger partial charge on any atom is 0.344 e. The van der Waals surface area contributed by atoms with E-state index in [2.05, 4.69) is 0 Å². The smallest absolute Gasteiger partial charge is 0.344 e. The SMILES string of the molecule is Cc1ccccc1OC(=O)C(c1ccccc1C)P(=O)(O)O. The first kappa shape index (κ1) is 16.4. The number of ether oxygens (including phenoxy) is 1. The number of esters is 1. The second kappa shape index (κ2) is 6.44. The zero-order chi connectivity index (χ0) is 16.3. The Bertz CT molecular complexity index is 735. The fourth-order valence-electron chi connectivity index (χ4n) is 2.17. The molecule has 6 heteroatoms. The van der Waals surface area contributed by atoms with Crippen molar-refractivity contribution in [1.29, 1.82) is 0 Å². The maximum absolute atomic E-state index is 12.3. The van der Waals surface area contributed by atoms with E-state index in [1.54, 1.807) is 56.3 Å². The Balaban J connectivity index is 2.39. The van der Waals surface area contributed by atoms with Gasteiger partial charge in [-0.05, 0) is 36.6 Å². The van der Waals surface area contributed by atoms with Gasteiger partial charge in [0.25, 0.3) is 0 Å². The monoisotopic (exact) mass is 320 g/mol. The average molecular weight is 320 g/mol. The highest BCUT2D eigenvalue weighted by Gasteiger charge is 2.39. The van der Waals surface area contributed by atoms with E-state index < -0.39 is 19.2 Å². The molecule has 0 heterocycles. The molecule has 0 saturated heterocycles. The van der Waals surface area contributed by atoms with Crippen molar-refractivity contribution >= 4 is 13.6 Å². The van der Waals surface area contributed by atoms with Gasteiger partial charge in [0.2, 0.25) is 0 Å². The van der Waals surface area contributed by atoms with Crippen LogP contribution >= 0.6 is 7.60 Å². The lowest BCUT2D eigenvalue weighted by molar-refractivity contribution is -0.134. The number of para-hydroxylation sites is 1. The summed E-state index contributed by atoms with van der Waals surface area (Å²) >= 11 is 0. The molecule has 2 aromatic carbocycles. The topological polar surface area (TPSA) is 83.8 Å². The molecule has 0 spiro atoms. The second-order valence-corrected chi connectivity index (χ2v) is 6.73. The first-order chi connectivity index (χ1) is 10.3. The molecule has 0 aliphatic carbocycles. The molecular formula is C16H17O5P. The lowest BCUT2D eigenvalue weighted by atomic mass is 10.1. The lowest BCUT2D eigenvalue weighted by Crippen LogP contribution is -2.20. The van der Waals surface area contributed by atoms with Gasteiger partial charge in [0, 0.05) is 0 Å². The molecule has 0 radical (unpaired) electrons. The van der Waals surface area contributed by atoms with Gasteiger partial charge >= 0.3 is 13.6 Å². The van der Waals surface area contributed by atoms with E-state index >= 15 is 0 Å². The predicted molar refractivity (Wildman–Crippen MR) is 82.8 cm³/mol. The van der Waals surface area contributed by atoms with Gasteiger partial charge in [-0.2, -0.15) is 0 Å². The number of benzene rings is 2. The van der Waals surface area contributed by atoms with E-state index in [1.807, 2.05) is 0 Å². The zero-order valence-electron chi connectivity index (χ0n) is 12.3. The van der Waals surface area contributed by atoms with Crippen LogP contribution in [-0.4, -0.2) is 15.8 Å². The van der Waals surface area contributed by atoms with Crippen LogP contribution in [0.25, 0.3) is 0 Å². The van der Waals surface area contributed by atoms with Crippen molar-refractivity contribution in [2.45, 2.75) is 19.5 Å². The van der Waals surface area contributed by atoms with Crippen molar-refractivity contribution in [1.82, 2.24) is 0 Å². The summed E-state index contributed by atoms with van der Waals surface area (Å²) in [6.45, 7) is 3.45. The third-order valence-electron chi connectivity index (χ3n) is 3.35. The molecule has 1 atom stereocenters. The van der Waals surface area contributed by atoms with E-state index in [1.165, 1.54) is 6.07 Å². The van der Waals surface area contributed by atoms with Crippen molar-refractivity contribution in [2.75, 3.05) is 0 Å². The van der Waals surface area contributed by atoms with Crippen LogP contribution in [0.5, 0.6) is 5.75 Å². The summed E-state index contributed by atoms with van der Waals surface area (Å²) in [5.41, 5.74) is -0.0228. The van der Waals surface area contributed by atoms with Crippen LogP contribution in [-0.2, 0) is 9.36 Å². The van der Waals surface area contributed by atoms with Crippen LogP contribution in [0.2, 0.25) is 0 Å². The molecule has 5 nitrogen and oxygen atoms in total. The molecule has 1 unspecified atom stereocenters. The Kier molecular flexibility index (Phi) is 4.81. The minimum Gasteiger partial charge on any atom is -0.425 e. The van der Waals surface area contributed by atoms with Gasteiger partial charge in [0.15, 0.2) is 5.66 Å². The van der Waals surface area contributed by atoms with Crippen LogP contribution in [0.1, 0.15) is 22.3 Å². The molecule has 2 aromatic rings. The van der Waals surface area contributed by atoms with E-state index in [4.69, 9.17) is 4.74 Å². The van der Waals surface area contributed by atoms with Crippen molar-refractivity contribution < 1.29 is 23.9 Å². The van der Waals surface area contributed by atoms with Crippen LogP contribution < -0.4 is 4.74 Å². The highest BCUT2D eigenvalue weighted by molar-refractivity contribution is 7.53. The number of hydrogen-bond acceptors (Lipinski definition) is 3. The number of carbonyl (C=O) groups excluding carboxylic acids is 1. The Morgan fingerprint density at radius 1 is 1.00 bits per heavy atom. The van der Waals surface area contributed by atoms with Gasteiger partial charge in [0.05, 0.1) is 0 Å². The summed E-state index contributed by atoms with van der Waals surface area (Å²) in [5, 5.41) is 0. The first-order valence-corrected chi connectivity index (χ1v) is 8.37. The number of carbonyl (C=O) groups is 1. The fourth-order valence-corrected chi connectivity index (χ4v) is 3.15. The Labute approximate surface area is 128 Å². The predicted octanol–water partition coefficient (Wildman–Crippen LogP) is 3.13. The number of aryl methyl sites for hydroxylation is 2. The second-order valence-electron chi connectivity index (χ2n) is 5.03. The van der Waals surface area contributed by atoms with Gasteiger partial charge in [-0.25, -0.2) is 0 Å². The first-order valence-electron chi connectivity index (χ1n) is 6.69. The van der Waals surface area contributed by atoms with E-state index in [-0.39, 0.29) is 5.56 Å². The highest BCUT2D eigenvalue weighted by atomic mass is 31.2. The van der Waals surface area contributed by atoms with Crippen molar-refractivity contribution in [3.63, 3.8) is 0 Å². The molecule has 116 valence electrons. The molecule has 0 aliphatic rings. The van der Waals surface area contributed by atoms with Gasteiger partial charge in [-0.3, -0.25) is 9.36 Å². The van der Waals surface area contributed by atoms with Gasteiger partial charge in [-0.15, -0.1) is 0 Å². The molecule has 22 heavy (non-hydrogen) atoms. The molecule has 0 saturated carbocycles. The van der Waals surface area contributed by atoms with E-state index in [9.17, 15) is 19.1 Å². The van der Waals surface area contributed by atoms with Gasteiger partial charge < -0.3 is 14.5 Å². The third kappa shape index (κ3) is 3.63. The van der Waals surface area contributed by atoms with Gasteiger partial charge in [0.1, 0.15) is 5.75 Å². The normalized spacial score (nSPS) is 12.7. The summed E-state index contributed by atoms with van der Waals surface area (Å²) in [6, 6.07) is 13.4. The van der Waals surface area contributed by atoms with Crippen LogP contribution in [0, 0.1) is 13.8 Å². The molecular weight excluding hydrogens is 303 g/mol. The Hall–Kier alpha value is -1.94. The van der Waals surface area contributed by atoms with Crippen molar-refractivity contribution in [2.24, 2.45) is 0 Å². The summed E-state index contributed by atoms with van der Waals surface area (Å²) in [4.78, 5) is 31.5. The largest absolute Gasteiger partial charge is 0.425 e. The minimum atomic E-state index is -4.71. The number of hydrogen-bond donors (Lipinski definition) is 2. The Morgan fingerprint density at radius 3 is 2.09 bits per heavy atom. The average Bonchev–Trinajstić information content (AvgIpc) is 2.42. The molecule has 0 fully saturated rings. The van der Waals surface area contributed by atoms with Crippen molar-refractivity contribution in [3.8, 4) is 5.75 Å². The summed E-state index contributed by atoms with van der Waals surface area (Å²) in [5.74, 6) is -0.670. The molecule has 2 N–H and O–H groups in total. The quantitative estimate of drug-likeness (QED) is 0.514.